The van der Waals surface area contributed by atoms with Crippen molar-refractivity contribution in [3.05, 3.63) is 103 Å². The lowest BCUT2D eigenvalue weighted by atomic mass is 10.1. The highest BCUT2D eigenvalue weighted by atomic mass is 32.2. The topological polar surface area (TPSA) is 109 Å². The van der Waals surface area contributed by atoms with Gasteiger partial charge < -0.3 is 0 Å². The van der Waals surface area contributed by atoms with Gasteiger partial charge >= 0.3 is 0 Å². The molecule has 0 aliphatic carbocycles. The van der Waals surface area contributed by atoms with Crippen LogP contribution in [0.25, 0.3) is 10.8 Å². The zero-order chi connectivity index (χ0) is 22.8. The molecule has 9 heteroatoms. The summed E-state index contributed by atoms with van der Waals surface area (Å²) in [5, 5.41) is 1.70. The first-order chi connectivity index (χ1) is 15.2. The summed E-state index contributed by atoms with van der Waals surface area (Å²) in [7, 11) is -8.00. The maximum atomic E-state index is 12.7. The van der Waals surface area contributed by atoms with Gasteiger partial charge in [-0.05, 0) is 59.3 Å². The van der Waals surface area contributed by atoms with Crippen LogP contribution in [0.2, 0.25) is 0 Å². The van der Waals surface area contributed by atoms with Crippen LogP contribution in [-0.2, 0) is 20.0 Å². The Balaban J connectivity index is 1.52. The van der Waals surface area contributed by atoms with Crippen LogP contribution in [0.4, 0.5) is 5.69 Å². The number of carbonyl (C=O) groups is 1. The molecule has 4 rings (SSSR count). The SMILES string of the molecule is O=C(NS(=O)(=O)c1ccc(NS(=O)(=O)c2ccc3ccccc3c2)cc1)c1ccccc1. The molecule has 0 heterocycles. The zero-order valence-electron chi connectivity index (χ0n) is 16.6. The highest BCUT2D eigenvalue weighted by Gasteiger charge is 2.20. The van der Waals surface area contributed by atoms with E-state index in [2.05, 4.69) is 4.72 Å². The Morgan fingerprint density at radius 1 is 0.594 bits per heavy atom. The van der Waals surface area contributed by atoms with Crippen LogP contribution < -0.4 is 9.44 Å². The summed E-state index contributed by atoms with van der Waals surface area (Å²) in [6.07, 6.45) is 0. The Bertz CT molecular complexity index is 1500. The highest BCUT2D eigenvalue weighted by Crippen LogP contribution is 2.22. The van der Waals surface area contributed by atoms with Crippen LogP contribution in [0.1, 0.15) is 10.4 Å². The number of amides is 1. The van der Waals surface area contributed by atoms with Crippen molar-refractivity contribution in [3.8, 4) is 0 Å². The van der Waals surface area contributed by atoms with Gasteiger partial charge in [0.25, 0.3) is 26.0 Å². The molecule has 0 radical (unpaired) electrons. The number of fused-ring (bicyclic) bond motifs is 1. The van der Waals surface area contributed by atoms with E-state index in [-0.39, 0.29) is 21.0 Å². The normalized spacial score (nSPS) is 11.8. The van der Waals surface area contributed by atoms with Gasteiger partial charge in [0, 0.05) is 11.3 Å². The number of hydrogen-bond donors (Lipinski definition) is 2. The highest BCUT2D eigenvalue weighted by molar-refractivity contribution is 7.92. The molecule has 0 saturated heterocycles. The van der Waals surface area contributed by atoms with Gasteiger partial charge in [0.1, 0.15) is 0 Å². The largest absolute Gasteiger partial charge is 0.280 e. The van der Waals surface area contributed by atoms with E-state index in [1.54, 1.807) is 30.3 Å². The van der Waals surface area contributed by atoms with Gasteiger partial charge in [-0.3, -0.25) is 9.52 Å². The minimum absolute atomic E-state index is 0.0861. The van der Waals surface area contributed by atoms with Crippen LogP contribution in [0, 0.1) is 0 Å². The Labute approximate surface area is 185 Å². The third kappa shape index (κ3) is 4.63. The summed E-state index contributed by atoms with van der Waals surface area (Å²) in [5.74, 6) is -0.758. The molecule has 0 fully saturated rings. The first-order valence-corrected chi connectivity index (χ1v) is 12.5. The second-order valence-electron chi connectivity index (χ2n) is 6.94. The molecular formula is C23H18N2O5S2. The van der Waals surface area contributed by atoms with Crippen molar-refractivity contribution in [2.24, 2.45) is 0 Å². The Morgan fingerprint density at radius 3 is 1.88 bits per heavy atom. The summed E-state index contributed by atoms with van der Waals surface area (Å²) < 4.78 is 54.9. The predicted octanol–water partition coefficient (Wildman–Crippen LogP) is 3.76. The number of benzene rings is 4. The number of hydrogen-bond acceptors (Lipinski definition) is 5. The van der Waals surface area contributed by atoms with Gasteiger partial charge in [-0.1, -0.05) is 48.5 Å². The van der Waals surface area contributed by atoms with Crippen LogP contribution in [-0.4, -0.2) is 22.7 Å². The molecule has 32 heavy (non-hydrogen) atoms. The van der Waals surface area contributed by atoms with E-state index in [0.29, 0.717) is 0 Å². The molecule has 0 aromatic heterocycles. The van der Waals surface area contributed by atoms with Gasteiger partial charge in [0.15, 0.2) is 0 Å². The third-order valence-electron chi connectivity index (χ3n) is 4.71. The molecule has 0 saturated carbocycles. The van der Waals surface area contributed by atoms with Crippen molar-refractivity contribution >= 4 is 42.4 Å². The van der Waals surface area contributed by atoms with E-state index < -0.39 is 26.0 Å². The average molecular weight is 467 g/mol. The number of carbonyl (C=O) groups excluding carboxylic acids is 1. The lowest BCUT2D eigenvalue weighted by molar-refractivity contribution is 0.0981. The van der Waals surface area contributed by atoms with Crippen LogP contribution in [0.3, 0.4) is 0 Å². The van der Waals surface area contributed by atoms with Crippen molar-refractivity contribution in [2.75, 3.05) is 4.72 Å². The summed E-state index contributed by atoms with van der Waals surface area (Å²) >= 11 is 0. The predicted molar refractivity (Wildman–Crippen MR) is 122 cm³/mol. The minimum atomic E-state index is -4.12. The summed E-state index contributed by atoms with van der Waals surface area (Å²) in [6, 6.07) is 25.2. The molecule has 0 atom stereocenters. The van der Waals surface area contributed by atoms with Crippen molar-refractivity contribution in [1.82, 2.24) is 4.72 Å². The summed E-state index contributed by atoms with van der Waals surface area (Å²) in [6.45, 7) is 0. The average Bonchev–Trinajstić information content (AvgIpc) is 2.79. The molecule has 4 aromatic carbocycles. The monoisotopic (exact) mass is 466 g/mol. The number of anilines is 1. The Hall–Kier alpha value is -3.69. The van der Waals surface area contributed by atoms with E-state index in [1.165, 1.54) is 42.5 Å². The van der Waals surface area contributed by atoms with Gasteiger partial charge in [-0.25, -0.2) is 21.6 Å². The zero-order valence-corrected chi connectivity index (χ0v) is 18.2. The molecule has 1 amide bonds. The van der Waals surface area contributed by atoms with Gasteiger partial charge in [0.05, 0.1) is 9.79 Å². The number of nitrogens with one attached hydrogen (secondary N) is 2. The quantitative estimate of drug-likeness (QED) is 0.450. The molecule has 2 N–H and O–H groups in total. The molecular weight excluding hydrogens is 448 g/mol. The fourth-order valence-electron chi connectivity index (χ4n) is 3.08. The van der Waals surface area contributed by atoms with E-state index in [1.807, 2.05) is 29.0 Å². The van der Waals surface area contributed by atoms with E-state index in [0.717, 1.165) is 10.8 Å². The van der Waals surface area contributed by atoms with Gasteiger partial charge in [-0.2, -0.15) is 0 Å². The molecule has 0 aliphatic rings. The molecule has 0 unspecified atom stereocenters. The first-order valence-electron chi connectivity index (χ1n) is 9.48. The van der Waals surface area contributed by atoms with Crippen molar-refractivity contribution in [1.29, 1.82) is 0 Å². The second kappa shape index (κ2) is 8.45. The van der Waals surface area contributed by atoms with Crippen molar-refractivity contribution in [3.63, 3.8) is 0 Å². The minimum Gasteiger partial charge on any atom is -0.280 e. The van der Waals surface area contributed by atoms with E-state index >= 15 is 0 Å². The molecule has 162 valence electrons. The van der Waals surface area contributed by atoms with E-state index in [9.17, 15) is 21.6 Å². The van der Waals surface area contributed by atoms with Crippen LogP contribution >= 0.6 is 0 Å². The molecule has 0 spiro atoms. The smallest absolute Gasteiger partial charge is 0.264 e. The fourth-order valence-corrected chi connectivity index (χ4v) is 5.15. The maximum absolute atomic E-state index is 12.7. The third-order valence-corrected chi connectivity index (χ3v) is 7.44. The van der Waals surface area contributed by atoms with Gasteiger partial charge in [-0.15, -0.1) is 0 Å². The van der Waals surface area contributed by atoms with Crippen LogP contribution in [0.15, 0.2) is 107 Å². The number of sulfonamides is 2. The lowest BCUT2D eigenvalue weighted by Gasteiger charge is -2.11. The van der Waals surface area contributed by atoms with Crippen molar-refractivity contribution < 1.29 is 21.6 Å². The second-order valence-corrected chi connectivity index (χ2v) is 10.3. The fraction of sp³-hybridized carbons (Fsp3) is 0. The van der Waals surface area contributed by atoms with Crippen molar-refractivity contribution in [2.45, 2.75) is 9.79 Å². The van der Waals surface area contributed by atoms with Crippen LogP contribution in [0.5, 0.6) is 0 Å². The standard InChI is InChI=1S/C23H18N2O5S2/c26-23(18-7-2-1-3-8-18)25-31(27,28)21-14-11-20(12-15-21)24-32(29,30)22-13-10-17-6-4-5-9-19(17)16-22/h1-16,24H,(H,25,26). The lowest BCUT2D eigenvalue weighted by Crippen LogP contribution is -2.30. The molecule has 0 aliphatic heterocycles. The maximum Gasteiger partial charge on any atom is 0.264 e. The molecule has 0 bridgehead atoms. The molecule has 4 aromatic rings. The van der Waals surface area contributed by atoms with Gasteiger partial charge in [0.2, 0.25) is 0 Å². The first kappa shape index (κ1) is 21.5. The van der Waals surface area contributed by atoms with E-state index in [4.69, 9.17) is 0 Å². The molecule has 7 nitrogen and oxygen atoms in total. The Kier molecular flexibility index (Phi) is 5.68. The Morgan fingerprint density at radius 2 is 1.19 bits per heavy atom. The summed E-state index contributed by atoms with van der Waals surface area (Å²) in [5.41, 5.74) is 0.391. The number of rotatable bonds is 6. The summed E-state index contributed by atoms with van der Waals surface area (Å²) in [4.78, 5) is 12.1.